The molecule has 1 fully saturated rings. The SMILES string of the molecule is CC(C)(C)c1ccc(NC(=O)N2CCC(O)C2(C)C)cc1. The molecule has 1 heterocycles. The quantitative estimate of drug-likeness (QED) is 0.833. The molecule has 2 N–H and O–H groups in total. The van der Waals surface area contributed by atoms with Gasteiger partial charge >= 0.3 is 6.03 Å². The van der Waals surface area contributed by atoms with Crippen molar-refractivity contribution in [3.63, 3.8) is 0 Å². The fourth-order valence-electron chi connectivity index (χ4n) is 2.68. The normalized spacial score (nSPS) is 21.4. The van der Waals surface area contributed by atoms with E-state index in [0.717, 1.165) is 5.69 Å². The molecule has 4 heteroatoms. The lowest BCUT2D eigenvalue weighted by atomic mass is 9.87. The summed E-state index contributed by atoms with van der Waals surface area (Å²) in [6.45, 7) is 10.9. The first-order chi connectivity index (χ1) is 9.62. The monoisotopic (exact) mass is 290 g/mol. The number of rotatable bonds is 1. The third-order valence-electron chi connectivity index (χ3n) is 4.38. The van der Waals surface area contributed by atoms with Gasteiger partial charge < -0.3 is 15.3 Å². The second kappa shape index (κ2) is 5.34. The van der Waals surface area contributed by atoms with Crippen LogP contribution >= 0.6 is 0 Å². The molecule has 1 unspecified atom stereocenters. The Kier molecular flexibility index (Phi) is 4.02. The molecule has 1 aromatic carbocycles. The van der Waals surface area contributed by atoms with Crippen molar-refractivity contribution in [3.05, 3.63) is 29.8 Å². The van der Waals surface area contributed by atoms with Gasteiger partial charge in [0, 0.05) is 12.2 Å². The molecule has 1 aliphatic rings. The molecule has 2 rings (SSSR count). The second-order valence-electron chi connectivity index (χ2n) is 7.37. The van der Waals surface area contributed by atoms with Gasteiger partial charge in [-0.2, -0.15) is 0 Å². The summed E-state index contributed by atoms with van der Waals surface area (Å²) in [6.07, 6.45) is 0.162. The van der Waals surface area contributed by atoms with Crippen molar-refractivity contribution in [1.82, 2.24) is 4.90 Å². The van der Waals surface area contributed by atoms with E-state index < -0.39 is 11.6 Å². The zero-order valence-corrected chi connectivity index (χ0v) is 13.6. The van der Waals surface area contributed by atoms with E-state index in [0.29, 0.717) is 13.0 Å². The Morgan fingerprint density at radius 3 is 2.29 bits per heavy atom. The Labute approximate surface area is 127 Å². The minimum Gasteiger partial charge on any atom is -0.391 e. The molecule has 0 aromatic heterocycles. The lowest BCUT2D eigenvalue weighted by Gasteiger charge is -2.33. The number of urea groups is 1. The Hall–Kier alpha value is -1.55. The molecule has 0 bridgehead atoms. The van der Waals surface area contributed by atoms with Crippen molar-refractivity contribution < 1.29 is 9.90 Å². The lowest BCUT2D eigenvalue weighted by Crippen LogP contribution is -2.49. The van der Waals surface area contributed by atoms with Crippen molar-refractivity contribution in [2.45, 2.75) is 58.1 Å². The van der Waals surface area contributed by atoms with Crippen LogP contribution in [0, 0.1) is 0 Å². The number of anilines is 1. The first-order valence-electron chi connectivity index (χ1n) is 7.49. The Morgan fingerprint density at radius 2 is 1.86 bits per heavy atom. The zero-order chi connectivity index (χ0) is 15.8. The van der Waals surface area contributed by atoms with Crippen molar-refractivity contribution in [2.75, 3.05) is 11.9 Å². The third kappa shape index (κ3) is 3.21. The van der Waals surface area contributed by atoms with Gasteiger partial charge in [0.1, 0.15) is 0 Å². The van der Waals surface area contributed by atoms with E-state index in [2.05, 4.69) is 26.1 Å². The molecule has 116 valence electrons. The maximum Gasteiger partial charge on any atom is 0.322 e. The molecule has 1 aromatic rings. The minimum atomic E-state index is -0.518. The van der Waals surface area contributed by atoms with E-state index in [1.807, 2.05) is 38.1 Å². The van der Waals surface area contributed by atoms with Crippen molar-refractivity contribution in [3.8, 4) is 0 Å². The highest BCUT2D eigenvalue weighted by molar-refractivity contribution is 5.90. The van der Waals surface area contributed by atoms with Gasteiger partial charge in [-0.05, 0) is 43.4 Å². The van der Waals surface area contributed by atoms with E-state index in [4.69, 9.17) is 0 Å². The molecule has 1 atom stereocenters. The first-order valence-corrected chi connectivity index (χ1v) is 7.49. The smallest absolute Gasteiger partial charge is 0.322 e. The number of carbonyl (C=O) groups excluding carboxylic acids is 1. The highest BCUT2D eigenvalue weighted by Gasteiger charge is 2.42. The van der Waals surface area contributed by atoms with Gasteiger partial charge in [-0.15, -0.1) is 0 Å². The van der Waals surface area contributed by atoms with Crippen LogP contribution in [-0.4, -0.2) is 34.2 Å². The second-order valence-corrected chi connectivity index (χ2v) is 7.37. The fourth-order valence-corrected chi connectivity index (χ4v) is 2.68. The summed E-state index contributed by atoms with van der Waals surface area (Å²) >= 11 is 0. The summed E-state index contributed by atoms with van der Waals surface area (Å²) in [7, 11) is 0. The summed E-state index contributed by atoms with van der Waals surface area (Å²) in [5.74, 6) is 0. The van der Waals surface area contributed by atoms with Crippen LogP contribution in [0.3, 0.4) is 0 Å². The number of aliphatic hydroxyl groups excluding tert-OH is 1. The van der Waals surface area contributed by atoms with Crippen molar-refractivity contribution in [1.29, 1.82) is 0 Å². The highest BCUT2D eigenvalue weighted by Crippen LogP contribution is 2.30. The van der Waals surface area contributed by atoms with Gasteiger partial charge in [-0.25, -0.2) is 4.79 Å². The number of likely N-dealkylation sites (tertiary alicyclic amines) is 1. The Bertz CT molecular complexity index is 515. The van der Waals surface area contributed by atoms with Crippen LogP contribution in [0.4, 0.5) is 10.5 Å². The van der Waals surface area contributed by atoms with Gasteiger partial charge in [0.05, 0.1) is 11.6 Å². The number of benzene rings is 1. The molecule has 0 radical (unpaired) electrons. The third-order valence-corrected chi connectivity index (χ3v) is 4.38. The van der Waals surface area contributed by atoms with Crippen LogP contribution in [0.15, 0.2) is 24.3 Å². The topological polar surface area (TPSA) is 52.6 Å². The summed E-state index contributed by atoms with van der Waals surface area (Å²) < 4.78 is 0. The van der Waals surface area contributed by atoms with Gasteiger partial charge in [0.2, 0.25) is 0 Å². The Balaban J connectivity index is 2.07. The lowest BCUT2D eigenvalue weighted by molar-refractivity contribution is 0.0733. The van der Waals surface area contributed by atoms with Crippen LogP contribution in [-0.2, 0) is 5.41 Å². The van der Waals surface area contributed by atoms with E-state index in [-0.39, 0.29) is 11.4 Å². The molecule has 0 spiro atoms. The number of nitrogens with zero attached hydrogens (tertiary/aromatic N) is 1. The maximum atomic E-state index is 12.4. The van der Waals surface area contributed by atoms with Gasteiger partial charge in [-0.3, -0.25) is 0 Å². The summed E-state index contributed by atoms with van der Waals surface area (Å²) in [5.41, 5.74) is 1.60. The first kappa shape index (κ1) is 15.8. The van der Waals surface area contributed by atoms with E-state index in [1.54, 1.807) is 4.90 Å². The molecule has 2 amide bonds. The van der Waals surface area contributed by atoms with Crippen LogP contribution in [0.2, 0.25) is 0 Å². The average molecular weight is 290 g/mol. The van der Waals surface area contributed by atoms with Crippen LogP contribution in [0.25, 0.3) is 0 Å². The molecule has 0 aliphatic carbocycles. The van der Waals surface area contributed by atoms with Gasteiger partial charge in [-0.1, -0.05) is 32.9 Å². The Morgan fingerprint density at radius 1 is 1.29 bits per heavy atom. The van der Waals surface area contributed by atoms with Crippen LogP contribution < -0.4 is 5.32 Å². The molecule has 21 heavy (non-hydrogen) atoms. The fraction of sp³-hybridized carbons (Fsp3) is 0.588. The molecular formula is C17H26N2O2. The zero-order valence-electron chi connectivity index (χ0n) is 13.6. The van der Waals surface area contributed by atoms with Crippen LogP contribution in [0.1, 0.15) is 46.6 Å². The van der Waals surface area contributed by atoms with Crippen molar-refractivity contribution in [2.24, 2.45) is 0 Å². The molecule has 4 nitrogen and oxygen atoms in total. The van der Waals surface area contributed by atoms with E-state index >= 15 is 0 Å². The predicted molar refractivity (Wildman–Crippen MR) is 85.6 cm³/mol. The molecule has 1 saturated heterocycles. The average Bonchev–Trinajstić information content (AvgIpc) is 2.63. The minimum absolute atomic E-state index is 0.101. The van der Waals surface area contributed by atoms with E-state index in [9.17, 15) is 9.90 Å². The standard InChI is InChI=1S/C17H26N2O2/c1-16(2,3)12-6-8-13(9-7-12)18-15(21)19-11-10-14(20)17(19,4)5/h6-9,14,20H,10-11H2,1-5H3,(H,18,21). The summed E-state index contributed by atoms with van der Waals surface area (Å²) in [4.78, 5) is 14.1. The van der Waals surface area contributed by atoms with E-state index in [1.165, 1.54) is 5.56 Å². The number of aliphatic hydroxyl groups is 1. The predicted octanol–water partition coefficient (Wildman–Crippen LogP) is 3.36. The largest absolute Gasteiger partial charge is 0.391 e. The molecular weight excluding hydrogens is 264 g/mol. The highest BCUT2D eigenvalue weighted by atomic mass is 16.3. The molecule has 1 aliphatic heterocycles. The number of amides is 2. The summed E-state index contributed by atoms with van der Waals surface area (Å²) in [5, 5.41) is 12.9. The molecule has 0 saturated carbocycles. The number of carbonyl (C=O) groups is 1. The van der Waals surface area contributed by atoms with Crippen LogP contribution in [0.5, 0.6) is 0 Å². The van der Waals surface area contributed by atoms with Crippen molar-refractivity contribution >= 4 is 11.7 Å². The number of hydrogen-bond acceptors (Lipinski definition) is 2. The number of hydrogen-bond donors (Lipinski definition) is 2. The maximum absolute atomic E-state index is 12.4. The van der Waals surface area contributed by atoms with Gasteiger partial charge in [0.15, 0.2) is 0 Å². The van der Waals surface area contributed by atoms with Gasteiger partial charge in [0.25, 0.3) is 0 Å². The summed E-state index contributed by atoms with van der Waals surface area (Å²) in [6, 6.07) is 7.79. The number of nitrogens with one attached hydrogen (secondary N) is 1.